The highest BCUT2D eigenvalue weighted by Gasteiger charge is 2.20. The Balaban J connectivity index is 1.95. The minimum absolute atomic E-state index is 0.0319. The van der Waals surface area contributed by atoms with E-state index in [2.05, 4.69) is 20.4 Å². The molecule has 0 spiro atoms. The smallest absolute Gasteiger partial charge is 0.295 e. The van der Waals surface area contributed by atoms with Crippen molar-refractivity contribution in [2.24, 2.45) is 0 Å². The van der Waals surface area contributed by atoms with Gasteiger partial charge in [0.15, 0.2) is 0 Å². The first kappa shape index (κ1) is 16.0. The number of alkyl halides is 2. The molecule has 3 aromatic rings. The average molecular weight is 331 g/mol. The Hall–Kier alpha value is -2.90. The van der Waals surface area contributed by atoms with Gasteiger partial charge in [0.05, 0.1) is 0 Å². The molecule has 1 amide bonds. The second kappa shape index (κ2) is 5.95. The molecular formula is C16H15F2N5O. The lowest BCUT2D eigenvalue weighted by Gasteiger charge is -2.05. The molecule has 1 aromatic carbocycles. The Morgan fingerprint density at radius 2 is 1.88 bits per heavy atom. The van der Waals surface area contributed by atoms with E-state index in [1.165, 1.54) is 6.07 Å². The van der Waals surface area contributed by atoms with E-state index in [1.54, 1.807) is 13.0 Å². The third-order valence-electron chi connectivity index (χ3n) is 3.66. The number of rotatable bonds is 3. The largest absolute Gasteiger partial charge is 0.319 e. The van der Waals surface area contributed by atoms with Crippen LogP contribution in [0.1, 0.15) is 39.6 Å². The number of anilines is 1. The molecule has 0 unspecified atom stereocenters. The van der Waals surface area contributed by atoms with E-state index in [4.69, 9.17) is 0 Å². The first-order valence-electron chi connectivity index (χ1n) is 7.26. The molecule has 24 heavy (non-hydrogen) atoms. The Kier molecular flexibility index (Phi) is 3.96. The topological polar surface area (TPSA) is 72.2 Å². The van der Waals surface area contributed by atoms with Gasteiger partial charge in [-0.25, -0.2) is 13.8 Å². The highest BCUT2D eigenvalue weighted by Crippen LogP contribution is 2.20. The Labute approximate surface area is 136 Å². The van der Waals surface area contributed by atoms with Crippen molar-refractivity contribution in [3.63, 3.8) is 0 Å². The predicted octanol–water partition coefficient (Wildman–Crippen LogP) is 3.24. The van der Waals surface area contributed by atoms with Gasteiger partial charge in [0.25, 0.3) is 18.1 Å². The lowest BCUT2D eigenvalue weighted by Crippen LogP contribution is -2.14. The summed E-state index contributed by atoms with van der Waals surface area (Å²) in [7, 11) is 0. The molecule has 0 fully saturated rings. The van der Waals surface area contributed by atoms with Crippen molar-refractivity contribution in [3.05, 3.63) is 52.6 Å². The molecule has 0 bridgehead atoms. The van der Waals surface area contributed by atoms with Crippen LogP contribution in [0.4, 0.5) is 14.5 Å². The Morgan fingerprint density at radius 1 is 1.12 bits per heavy atom. The van der Waals surface area contributed by atoms with E-state index in [0.717, 1.165) is 15.6 Å². The summed E-state index contributed by atoms with van der Waals surface area (Å²) >= 11 is 0. The zero-order valence-electron chi connectivity index (χ0n) is 13.3. The quantitative estimate of drug-likeness (QED) is 0.800. The van der Waals surface area contributed by atoms with Gasteiger partial charge in [0, 0.05) is 11.4 Å². The molecule has 0 saturated carbocycles. The van der Waals surface area contributed by atoms with Crippen LogP contribution in [0.3, 0.4) is 0 Å². The number of hydrogen-bond donors (Lipinski definition) is 1. The number of nitrogens with zero attached hydrogens (tertiary/aromatic N) is 4. The van der Waals surface area contributed by atoms with Crippen LogP contribution in [-0.4, -0.2) is 25.5 Å². The molecule has 0 aliphatic carbocycles. The van der Waals surface area contributed by atoms with Crippen molar-refractivity contribution in [2.45, 2.75) is 27.2 Å². The summed E-state index contributed by atoms with van der Waals surface area (Å²) in [6, 6.07) is 6.66. The van der Waals surface area contributed by atoms with Gasteiger partial charge < -0.3 is 5.32 Å². The first-order valence-corrected chi connectivity index (χ1v) is 7.26. The van der Waals surface area contributed by atoms with Crippen LogP contribution in [0, 0.1) is 20.8 Å². The van der Waals surface area contributed by atoms with Crippen LogP contribution in [0.15, 0.2) is 24.3 Å². The fourth-order valence-electron chi connectivity index (χ4n) is 2.27. The van der Waals surface area contributed by atoms with Crippen LogP contribution in [0.2, 0.25) is 0 Å². The van der Waals surface area contributed by atoms with Gasteiger partial charge in [-0.1, -0.05) is 6.07 Å². The van der Waals surface area contributed by atoms with Crippen molar-refractivity contribution in [3.8, 4) is 0 Å². The SMILES string of the molecule is Cc1cc(C(F)F)n2nc(C(=O)Nc3ccc(C)c(C)c3)nc2n1. The van der Waals surface area contributed by atoms with Gasteiger partial charge >= 0.3 is 0 Å². The molecule has 2 aromatic heterocycles. The number of amides is 1. The van der Waals surface area contributed by atoms with Crippen LogP contribution < -0.4 is 5.32 Å². The van der Waals surface area contributed by atoms with Crippen LogP contribution in [0.25, 0.3) is 5.78 Å². The second-order valence-electron chi connectivity index (χ2n) is 5.52. The zero-order valence-corrected chi connectivity index (χ0v) is 13.3. The molecule has 0 radical (unpaired) electrons. The molecule has 2 heterocycles. The number of hydrogen-bond acceptors (Lipinski definition) is 4. The average Bonchev–Trinajstić information content (AvgIpc) is 2.93. The third-order valence-corrected chi connectivity index (χ3v) is 3.66. The van der Waals surface area contributed by atoms with Gasteiger partial charge in [-0.3, -0.25) is 4.79 Å². The van der Waals surface area contributed by atoms with E-state index in [0.29, 0.717) is 11.4 Å². The summed E-state index contributed by atoms with van der Waals surface area (Å²) in [4.78, 5) is 20.3. The normalized spacial score (nSPS) is 11.2. The molecule has 0 aliphatic rings. The highest BCUT2D eigenvalue weighted by atomic mass is 19.3. The van der Waals surface area contributed by atoms with Gasteiger partial charge in [-0.2, -0.15) is 9.50 Å². The predicted molar refractivity (Wildman–Crippen MR) is 84.3 cm³/mol. The van der Waals surface area contributed by atoms with Gasteiger partial charge in [-0.15, -0.1) is 5.10 Å². The number of carbonyl (C=O) groups is 1. The Morgan fingerprint density at radius 3 is 2.54 bits per heavy atom. The number of aromatic nitrogens is 4. The maximum absolute atomic E-state index is 13.1. The summed E-state index contributed by atoms with van der Waals surface area (Å²) in [6.07, 6.45) is -2.74. The maximum atomic E-state index is 13.1. The molecule has 0 aliphatic heterocycles. The zero-order chi connectivity index (χ0) is 17.4. The summed E-state index contributed by atoms with van der Waals surface area (Å²) in [6.45, 7) is 5.47. The number of fused-ring (bicyclic) bond motifs is 1. The highest BCUT2D eigenvalue weighted by molar-refractivity contribution is 6.01. The standard InChI is InChI=1S/C16H15F2N5O/c1-8-4-5-11(6-9(8)2)20-15(24)14-21-16-19-10(3)7-12(13(17)18)23(16)22-14/h4-7,13H,1-3H3,(H,20,24). The summed E-state index contributed by atoms with van der Waals surface area (Å²) < 4.78 is 27.1. The summed E-state index contributed by atoms with van der Waals surface area (Å²) in [5, 5.41) is 6.52. The van der Waals surface area contributed by atoms with Crippen LogP contribution >= 0.6 is 0 Å². The van der Waals surface area contributed by atoms with Crippen LogP contribution in [0.5, 0.6) is 0 Å². The van der Waals surface area contributed by atoms with E-state index in [-0.39, 0.29) is 17.3 Å². The molecule has 6 nitrogen and oxygen atoms in total. The number of nitrogens with one attached hydrogen (secondary N) is 1. The van der Waals surface area contributed by atoms with Crippen molar-refractivity contribution >= 4 is 17.4 Å². The maximum Gasteiger partial charge on any atom is 0.295 e. The van der Waals surface area contributed by atoms with Crippen molar-refractivity contribution in [2.75, 3.05) is 5.32 Å². The van der Waals surface area contributed by atoms with Crippen molar-refractivity contribution in [1.82, 2.24) is 19.6 Å². The van der Waals surface area contributed by atoms with Crippen LogP contribution in [-0.2, 0) is 0 Å². The third kappa shape index (κ3) is 2.94. The summed E-state index contributed by atoms with van der Waals surface area (Å²) in [5.41, 5.74) is 2.73. The minimum Gasteiger partial charge on any atom is -0.319 e. The number of carbonyl (C=O) groups excluding carboxylic acids is 1. The minimum atomic E-state index is -2.74. The van der Waals surface area contributed by atoms with E-state index < -0.39 is 12.3 Å². The fourth-order valence-corrected chi connectivity index (χ4v) is 2.27. The first-order chi connectivity index (χ1) is 11.3. The molecule has 124 valence electrons. The monoisotopic (exact) mass is 331 g/mol. The fraction of sp³-hybridized carbons (Fsp3) is 0.250. The van der Waals surface area contributed by atoms with E-state index in [1.807, 2.05) is 26.0 Å². The van der Waals surface area contributed by atoms with E-state index >= 15 is 0 Å². The van der Waals surface area contributed by atoms with Crippen molar-refractivity contribution in [1.29, 1.82) is 0 Å². The Bertz CT molecular complexity index is 936. The number of benzene rings is 1. The lowest BCUT2D eigenvalue weighted by atomic mass is 10.1. The molecule has 3 rings (SSSR count). The lowest BCUT2D eigenvalue weighted by molar-refractivity contribution is 0.101. The molecule has 0 atom stereocenters. The van der Waals surface area contributed by atoms with Gasteiger partial charge in [0.1, 0.15) is 5.69 Å². The van der Waals surface area contributed by atoms with Crippen molar-refractivity contribution < 1.29 is 13.6 Å². The molecule has 8 heteroatoms. The second-order valence-corrected chi connectivity index (χ2v) is 5.52. The van der Waals surface area contributed by atoms with E-state index in [9.17, 15) is 13.6 Å². The number of aryl methyl sites for hydroxylation is 3. The molecule has 0 saturated heterocycles. The summed E-state index contributed by atoms with van der Waals surface area (Å²) in [5.74, 6) is -0.828. The number of halogens is 2. The van der Waals surface area contributed by atoms with Gasteiger partial charge in [0.2, 0.25) is 5.82 Å². The molecule has 1 N–H and O–H groups in total. The molecular weight excluding hydrogens is 316 g/mol. The van der Waals surface area contributed by atoms with Gasteiger partial charge in [-0.05, 0) is 50.1 Å².